The number of nitrogens with zero attached hydrogens (tertiary/aromatic N) is 3. The highest BCUT2D eigenvalue weighted by Gasteiger charge is 2.52. The minimum atomic E-state index is -0.506. The van der Waals surface area contributed by atoms with Gasteiger partial charge < -0.3 is 9.31 Å². The van der Waals surface area contributed by atoms with E-state index in [-0.39, 0.29) is 5.78 Å². The Kier molecular flexibility index (Phi) is 3.38. The summed E-state index contributed by atoms with van der Waals surface area (Å²) in [5, 5.41) is 4.51. The molecular formula is C15H20BN3O3. The van der Waals surface area contributed by atoms with Crippen molar-refractivity contribution >= 4 is 24.1 Å². The van der Waals surface area contributed by atoms with Crippen LogP contribution in [-0.2, 0) is 20.5 Å². The maximum atomic E-state index is 11.2. The van der Waals surface area contributed by atoms with Crippen LogP contribution in [0.4, 0.5) is 0 Å². The Balaban J connectivity index is 1.91. The molecule has 0 aliphatic carbocycles. The van der Waals surface area contributed by atoms with E-state index in [2.05, 4.69) is 10.1 Å². The molecule has 1 saturated heterocycles. The van der Waals surface area contributed by atoms with Gasteiger partial charge in [0.15, 0.2) is 5.65 Å². The van der Waals surface area contributed by atoms with Crippen molar-refractivity contribution in [2.45, 2.75) is 52.2 Å². The second-order valence-electron chi connectivity index (χ2n) is 6.76. The fourth-order valence-corrected chi connectivity index (χ4v) is 2.38. The summed E-state index contributed by atoms with van der Waals surface area (Å²) < 4.78 is 13.7. The van der Waals surface area contributed by atoms with E-state index in [1.165, 1.54) is 0 Å². The molecule has 0 aromatic carbocycles. The van der Waals surface area contributed by atoms with Crippen LogP contribution in [0.1, 0.15) is 40.3 Å². The number of Topliss-reactive ketones (excluding diaryl/α,β-unsaturated/α-hetero) is 1. The minimum Gasteiger partial charge on any atom is -0.398 e. The predicted octanol–water partition coefficient (Wildman–Crippen LogP) is 1.16. The normalized spacial score (nSPS) is 19.8. The third-order valence-corrected chi connectivity index (χ3v) is 4.32. The molecule has 1 aliphatic rings. The zero-order chi connectivity index (χ0) is 16.1. The number of carbonyl (C=O) groups excluding carboxylic acids is 1. The van der Waals surface area contributed by atoms with Gasteiger partial charge in [-0.15, -0.1) is 0 Å². The van der Waals surface area contributed by atoms with Crippen molar-refractivity contribution in [3.8, 4) is 0 Å². The van der Waals surface area contributed by atoms with Crippen LogP contribution in [-0.4, -0.2) is 38.7 Å². The van der Waals surface area contributed by atoms with E-state index in [0.29, 0.717) is 23.4 Å². The molecule has 0 N–H and O–H groups in total. The first-order valence-electron chi connectivity index (χ1n) is 7.38. The summed E-state index contributed by atoms with van der Waals surface area (Å²) in [6.07, 6.45) is 2.08. The van der Waals surface area contributed by atoms with E-state index in [1.807, 2.05) is 39.8 Å². The van der Waals surface area contributed by atoms with Gasteiger partial charge in [-0.1, -0.05) is 0 Å². The largest absolute Gasteiger partial charge is 0.516 e. The van der Waals surface area contributed by atoms with Gasteiger partial charge >= 0.3 is 7.12 Å². The van der Waals surface area contributed by atoms with Gasteiger partial charge in [0.1, 0.15) is 5.78 Å². The van der Waals surface area contributed by atoms with Gasteiger partial charge in [-0.3, -0.25) is 4.79 Å². The highest BCUT2D eigenvalue weighted by Crippen LogP contribution is 2.36. The lowest BCUT2D eigenvalue weighted by molar-refractivity contribution is -0.116. The number of imidazole rings is 1. The summed E-state index contributed by atoms with van der Waals surface area (Å²) >= 11 is 0. The Morgan fingerprint density at radius 2 is 1.86 bits per heavy atom. The van der Waals surface area contributed by atoms with Gasteiger partial charge in [-0.2, -0.15) is 5.10 Å². The fourth-order valence-electron chi connectivity index (χ4n) is 2.38. The third kappa shape index (κ3) is 2.55. The first-order chi connectivity index (χ1) is 10.2. The Bertz CT molecular complexity index is 723. The smallest absolute Gasteiger partial charge is 0.398 e. The van der Waals surface area contributed by atoms with Crippen LogP contribution < -0.4 is 5.59 Å². The second kappa shape index (κ2) is 4.89. The Labute approximate surface area is 130 Å². The monoisotopic (exact) mass is 301 g/mol. The van der Waals surface area contributed by atoms with Crippen molar-refractivity contribution in [2.75, 3.05) is 0 Å². The molecule has 3 heterocycles. The zero-order valence-corrected chi connectivity index (χ0v) is 13.6. The Hall–Kier alpha value is -1.73. The van der Waals surface area contributed by atoms with Gasteiger partial charge in [0.25, 0.3) is 0 Å². The summed E-state index contributed by atoms with van der Waals surface area (Å²) in [6, 6.07) is 3.71. The van der Waals surface area contributed by atoms with Crippen molar-refractivity contribution in [3.05, 3.63) is 24.0 Å². The fraction of sp³-hybridized carbons (Fsp3) is 0.533. The van der Waals surface area contributed by atoms with E-state index in [1.54, 1.807) is 17.6 Å². The molecule has 0 radical (unpaired) electrons. The molecule has 2 aromatic rings. The predicted molar refractivity (Wildman–Crippen MR) is 83.1 cm³/mol. The SMILES string of the molecule is CC(=O)Cc1cn2nc(B3OC(C)(C)C(C)(C)O3)ccc2n1. The van der Waals surface area contributed by atoms with Gasteiger partial charge in [0.2, 0.25) is 0 Å². The topological polar surface area (TPSA) is 65.7 Å². The number of hydrogen-bond donors (Lipinski definition) is 0. The number of rotatable bonds is 3. The standard InChI is InChI=1S/C15H20BN3O3/c1-10(20)8-11-9-19-13(17-11)7-6-12(18-19)16-21-14(2,3)15(4,5)22-16/h6-7,9H,8H2,1-5H3. The lowest BCUT2D eigenvalue weighted by Gasteiger charge is -2.32. The number of ketones is 1. The molecule has 3 rings (SSSR count). The maximum Gasteiger partial charge on any atom is 0.516 e. The van der Waals surface area contributed by atoms with Crippen LogP contribution in [0.5, 0.6) is 0 Å². The van der Waals surface area contributed by atoms with Crippen LogP contribution in [0.3, 0.4) is 0 Å². The quantitative estimate of drug-likeness (QED) is 0.796. The Morgan fingerprint density at radius 1 is 1.23 bits per heavy atom. The van der Waals surface area contributed by atoms with E-state index < -0.39 is 18.3 Å². The molecule has 2 aromatic heterocycles. The van der Waals surface area contributed by atoms with Crippen LogP contribution in [0, 0.1) is 0 Å². The van der Waals surface area contributed by atoms with Crippen LogP contribution >= 0.6 is 0 Å². The summed E-state index contributed by atoms with van der Waals surface area (Å²) in [6.45, 7) is 9.58. The van der Waals surface area contributed by atoms with Crippen molar-refractivity contribution in [3.63, 3.8) is 0 Å². The number of aromatic nitrogens is 3. The summed E-state index contributed by atoms with van der Waals surface area (Å²) in [5.41, 5.74) is 1.31. The molecule has 6 nitrogen and oxygen atoms in total. The van der Waals surface area contributed by atoms with Gasteiger partial charge in [0, 0.05) is 0 Å². The van der Waals surface area contributed by atoms with E-state index in [0.717, 1.165) is 0 Å². The summed E-state index contributed by atoms with van der Waals surface area (Å²) in [5.74, 6) is 0.0783. The molecule has 0 bridgehead atoms. The molecule has 0 saturated carbocycles. The molecule has 0 spiro atoms. The van der Waals surface area contributed by atoms with Crippen molar-refractivity contribution in [1.29, 1.82) is 0 Å². The minimum absolute atomic E-state index is 0.0783. The average molecular weight is 301 g/mol. The second-order valence-corrected chi connectivity index (χ2v) is 6.76. The van der Waals surface area contributed by atoms with E-state index in [9.17, 15) is 4.79 Å². The average Bonchev–Trinajstić information content (AvgIpc) is 2.85. The third-order valence-electron chi connectivity index (χ3n) is 4.32. The van der Waals surface area contributed by atoms with Gasteiger partial charge in [-0.05, 0) is 46.8 Å². The first-order valence-corrected chi connectivity index (χ1v) is 7.38. The highest BCUT2D eigenvalue weighted by atomic mass is 16.7. The molecule has 116 valence electrons. The van der Waals surface area contributed by atoms with Crippen LogP contribution in [0.15, 0.2) is 18.3 Å². The van der Waals surface area contributed by atoms with Crippen LogP contribution in [0.25, 0.3) is 5.65 Å². The molecule has 0 unspecified atom stereocenters. The molecule has 1 aliphatic heterocycles. The molecule has 1 fully saturated rings. The Morgan fingerprint density at radius 3 is 2.45 bits per heavy atom. The number of hydrogen-bond acceptors (Lipinski definition) is 5. The zero-order valence-electron chi connectivity index (χ0n) is 13.6. The highest BCUT2D eigenvalue weighted by molar-refractivity contribution is 6.61. The lowest BCUT2D eigenvalue weighted by Crippen LogP contribution is -2.41. The number of fused-ring (bicyclic) bond motifs is 1. The van der Waals surface area contributed by atoms with E-state index in [4.69, 9.17) is 9.31 Å². The van der Waals surface area contributed by atoms with E-state index >= 15 is 0 Å². The lowest BCUT2D eigenvalue weighted by atomic mass is 9.85. The van der Waals surface area contributed by atoms with Gasteiger partial charge in [0.05, 0.1) is 35.1 Å². The van der Waals surface area contributed by atoms with Crippen LogP contribution in [0.2, 0.25) is 0 Å². The molecule has 0 atom stereocenters. The molecule has 7 heteroatoms. The van der Waals surface area contributed by atoms with Gasteiger partial charge in [-0.25, -0.2) is 9.50 Å². The molecule has 0 amide bonds. The number of carbonyl (C=O) groups is 1. The summed E-state index contributed by atoms with van der Waals surface area (Å²) in [7, 11) is -0.506. The first kappa shape index (κ1) is 15.2. The maximum absolute atomic E-state index is 11.2. The van der Waals surface area contributed by atoms with Crippen molar-refractivity contribution < 1.29 is 14.1 Å². The molecule has 22 heavy (non-hydrogen) atoms. The van der Waals surface area contributed by atoms with Crippen molar-refractivity contribution in [2.24, 2.45) is 0 Å². The van der Waals surface area contributed by atoms with Crippen molar-refractivity contribution in [1.82, 2.24) is 14.6 Å². The molecular weight excluding hydrogens is 281 g/mol. The summed E-state index contributed by atoms with van der Waals surface area (Å²) in [4.78, 5) is 15.6.